The number of thiazole rings is 1. The number of terminal acetylenes is 1. The maximum Gasteiger partial charge on any atom is 0.321 e. The van der Waals surface area contributed by atoms with Crippen LogP contribution in [-0.4, -0.2) is 27.7 Å². The molecule has 3 aromatic rings. The molecule has 1 atom stereocenters. The Morgan fingerprint density at radius 1 is 1.35 bits per heavy atom. The van der Waals surface area contributed by atoms with Gasteiger partial charge in [-0.05, 0) is 17.6 Å². The number of amides is 2. The number of aromatic nitrogens is 2. The third-order valence-corrected chi connectivity index (χ3v) is 5.95. The quantitative estimate of drug-likeness (QED) is 0.409. The van der Waals surface area contributed by atoms with Gasteiger partial charge in [0.2, 0.25) is 0 Å². The molecule has 1 aliphatic carbocycles. The van der Waals surface area contributed by atoms with Crippen LogP contribution in [0.2, 0.25) is 0 Å². The number of urea groups is 1. The van der Waals surface area contributed by atoms with E-state index in [4.69, 9.17) is 13.0 Å². The minimum absolute atomic E-state index is 0.316. The molecule has 154 valence electrons. The Bertz CT molecular complexity index is 1190. The van der Waals surface area contributed by atoms with Crippen molar-refractivity contribution >= 4 is 23.2 Å². The minimum atomic E-state index is -0.687. The molecule has 1 aliphatic rings. The monoisotopic (exact) mass is 429 g/mol. The summed E-state index contributed by atoms with van der Waals surface area (Å²) in [5.41, 5.74) is 2.99. The molecular weight excluding hydrogens is 410 g/mol. The number of rotatable bonds is 6. The first kappa shape index (κ1) is 20.5. The summed E-state index contributed by atoms with van der Waals surface area (Å²) >= 11 is 1.25. The Hall–Kier alpha value is -3.72. The molecule has 1 aromatic carbocycles. The first-order valence-electron chi connectivity index (χ1n) is 9.63. The maximum absolute atomic E-state index is 12.3. The van der Waals surface area contributed by atoms with E-state index in [0.29, 0.717) is 16.5 Å². The lowest BCUT2D eigenvalue weighted by Crippen LogP contribution is -2.34. The van der Waals surface area contributed by atoms with Crippen LogP contribution in [0, 0.1) is 18.9 Å². The number of carbonyl (C=O) groups excluding carboxylic acids is 1. The molecule has 31 heavy (non-hydrogen) atoms. The smallest absolute Gasteiger partial charge is 0.321 e. The highest BCUT2D eigenvalue weighted by Gasteiger charge is 2.53. The molecule has 2 heterocycles. The van der Waals surface area contributed by atoms with Crippen molar-refractivity contribution in [1.29, 1.82) is 0 Å². The Kier molecular flexibility index (Phi) is 5.68. The summed E-state index contributed by atoms with van der Waals surface area (Å²) in [6.07, 6.45) is 8.72. The van der Waals surface area contributed by atoms with Crippen LogP contribution in [0.4, 0.5) is 10.6 Å². The van der Waals surface area contributed by atoms with Crippen LogP contribution in [0.5, 0.6) is 0 Å². The summed E-state index contributed by atoms with van der Waals surface area (Å²) in [4.78, 5) is 24.6. The number of pyridine rings is 1. The van der Waals surface area contributed by atoms with E-state index in [-0.39, 0.29) is 6.61 Å². The Morgan fingerprint density at radius 3 is 2.77 bits per heavy atom. The molecule has 8 heteroatoms. The normalized spacial score (nSPS) is 14.7. The van der Waals surface area contributed by atoms with E-state index in [1.807, 2.05) is 30.3 Å². The van der Waals surface area contributed by atoms with Crippen LogP contribution in [0.15, 0.2) is 48.0 Å². The molecule has 2 amide bonds. The van der Waals surface area contributed by atoms with Crippen LogP contribution in [0.25, 0.3) is 16.0 Å². The second-order valence-corrected chi connectivity index (χ2v) is 8.03. The van der Waals surface area contributed by atoms with Gasteiger partial charge < -0.3 is 15.3 Å². The summed E-state index contributed by atoms with van der Waals surface area (Å²) < 4.78 is 0. The van der Waals surface area contributed by atoms with Gasteiger partial charge in [0.15, 0.2) is 5.01 Å². The summed E-state index contributed by atoms with van der Waals surface area (Å²) in [5.74, 6) is 2.76. The molecule has 3 N–H and O–H groups in total. The van der Waals surface area contributed by atoms with Gasteiger partial charge in [-0.1, -0.05) is 30.3 Å². The number of hydrogen-bond donors (Lipinski definition) is 3. The van der Waals surface area contributed by atoms with E-state index in [9.17, 15) is 9.90 Å². The van der Waals surface area contributed by atoms with Gasteiger partial charge in [0.25, 0.3) is 5.54 Å². The predicted octanol–water partition coefficient (Wildman–Crippen LogP) is 3.95. The van der Waals surface area contributed by atoms with Crippen molar-refractivity contribution < 1.29 is 9.90 Å². The van der Waals surface area contributed by atoms with Crippen molar-refractivity contribution in [3.63, 3.8) is 0 Å². The molecule has 0 unspecified atom stereocenters. The summed E-state index contributed by atoms with van der Waals surface area (Å²) in [6, 6.07) is 10.3. The zero-order valence-corrected chi connectivity index (χ0v) is 17.3. The van der Waals surface area contributed by atoms with E-state index in [0.717, 1.165) is 29.5 Å². The van der Waals surface area contributed by atoms with Gasteiger partial charge in [0.1, 0.15) is 5.82 Å². The van der Waals surface area contributed by atoms with Crippen LogP contribution >= 0.6 is 11.3 Å². The summed E-state index contributed by atoms with van der Waals surface area (Å²) in [5, 5.41) is 17.1. The van der Waals surface area contributed by atoms with Crippen molar-refractivity contribution in [3.05, 3.63) is 75.7 Å². The maximum atomic E-state index is 12.3. The number of benzene rings is 1. The molecule has 0 radical (unpaired) electrons. The Balaban J connectivity index is 1.49. The number of aliphatic hydroxyl groups is 1. The van der Waals surface area contributed by atoms with Crippen molar-refractivity contribution in [2.24, 2.45) is 0 Å². The zero-order valence-electron chi connectivity index (χ0n) is 16.5. The highest BCUT2D eigenvalue weighted by Crippen LogP contribution is 2.52. The average Bonchev–Trinajstić information content (AvgIpc) is 3.49. The first-order chi connectivity index (χ1) is 15.1. The van der Waals surface area contributed by atoms with Crippen LogP contribution in [0.1, 0.15) is 35.1 Å². The van der Waals surface area contributed by atoms with Gasteiger partial charge in [-0.25, -0.2) is 16.4 Å². The van der Waals surface area contributed by atoms with Crippen LogP contribution < -0.4 is 10.6 Å². The number of aliphatic hydroxyl groups excluding tert-OH is 1. The zero-order chi connectivity index (χ0) is 21.8. The van der Waals surface area contributed by atoms with Gasteiger partial charge in [-0.3, -0.25) is 10.3 Å². The molecule has 0 bridgehead atoms. The summed E-state index contributed by atoms with van der Waals surface area (Å²) in [6.45, 7) is 7.24. The first-order valence-corrected chi connectivity index (χ1v) is 10.5. The van der Waals surface area contributed by atoms with Crippen molar-refractivity contribution in [2.45, 2.75) is 24.4 Å². The topological polar surface area (TPSA) is 91.5 Å². The highest BCUT2D eigenvalue weighted by molar-refractivity contribution is 7.10. The molecule has 1 saturated carbocycles. The third kappa shape index (κ3) is 4.26. The lowest BCUT2D eigenvalue weighted by Gasteiger charge is -2.17. The molecule has 0 saturated heterocycles. The minimum Gasteiger partial charge on any atom is -0.394 e. The van der Waals surface area contributed by atoms with Gasteiger partial charge in [0, 0.05) is 35.5 Å². The van der Waals surface area contributed by atoms with Crippen LogP contribution in [0.3, 0.4) is 0 Å². The fourth-order valence-electron chi connectivity index (χ4n) is 3.39. The lowest BCUT2D eigenvalue weighted by atomic mass is 9.94. The van der Waals surface area contributed by atoms with Crippen molar-refractivity contribution in [2.75, 3.05) is 11.9 Å². The van der Waals surface area contributed by atoms with Crippen molar-refractivity contribution in [3.8, 4) is 23.5 Å². The largest absolute Gasteiger partial charge is 0.394 e. The van der Waals surface area contributed by atoms with E-state index in [1.165, 1.54) is 11.3 Å². The summed E-state index contributed by atoms with van der Waals surface area (Å²) in [7, 11) is 0. The average molecular weight is 430 g/mol. The van der Waals surface area contributed by atoms with Gasteiger partial charge in [-0.15, -0.1) is 17.8 Å². The SMILES string of the molecule is [C-]#[N+]C1(c2ccccc2-c2ccc([C@H](CO)NC(=O)Nc3csc(C#C)n3)nc2)CC1. The van der Waals surface area contributed by atoms with E-state index in [1.54, 1.807) is 17.6 Å². The number of hydrogen-bond acceptors (Lipinski definition) is 5. The lowest BCUT2D eigenvalue weighted by molar-refractivity contribution is 0.224. The van der Waals surface area contributed by atoms with Crippen LogP contribution in [-0.2, 0) is 5.54 Å². The number of nitrogens with zero attached hydrogens (tertiary/aromatic N) is 3. The molecule has 1 fully saturated rings. The second-order valence-electron chi connectivity index (χ2n) is 7.18. The number of anilines is 1. The van der Waals surface area contributed by atoms with E-state index >= 15 is 0 Å². The fourth-order valence-corrected chi connectivity index (χ4v) is 3.95. The van der Waals surface area contributed by atoms with E-state index in [2.05, 4.69) is 31.4 Å². The van der Waals surface area contributed by atoms with Crippen molar-refractivity contribution in [1.82, 2.24) is 15.3 Å². The molecule has 0 spiro atoms. The van der Waals surface area contributed by atoms with E-state index < -0.39 is 17.6 Å². The Labute approximate surface area is 184 Å². The Morgan fingerprint density at radius 2 is 2.16 bits per heavy atom. The number of nitrogens with one attached hydrogen (secondary N) is 2. The predicted molar refractivity (Wildman–Crippen MR) is 119 cm³/mol. The molecule has 0 aliphatic heterocycles. The highest BCUT2D eigenvalue weighted by atomic mass is 32.1. The number of carbonyl (C=O) groups is 1. The second kappa shape index (κ2) is 8.57. The molecular formula is C23H19N5O2S. The molecule has 2 aromatic heterocycles. The fraction of sp³-hybridized carbons (Fsp3) is 0.217. The van der Waals surface area contributed by atoms with Gasteiger partial charge in [-0.2, -0.15) is 0 Å². The standard InChI is InChI=1S/C23H19N5O2S/c1-3-21-27-20(14-31-21)28-22(30)26-19(13-29)18-9-8-15(12-25-18)16-6-4-5-7-17(16)23(24-2)10-11-23/h1,4-9,12,14,19,29H,10-11,13H2,(H2,26,28,30)/t19-/m0/s1. The molecule has 4 rings (SSSR count). The molecule has 7 nitrogen and oxygen atoms in total. The van der Waals surface area contributed by atoms with Gasteiger partial charge >= 0.3 is 6.03 Å². The van der Waals surface area contributed by atoms with Gasteiger partial charge in [0.05, 0.1) is 18.3 Å². The third-order valence-electron chi connectivity index (χ3n) is 5.18.